The average Bonchev–Trinajstić information content (AvgIpc) is 3.22. The minimum atomic E-state index is -0.0891. The first kappa shape index (κ1) is 17.7. The number of carbonyl (C=O) groups is 1. The van der Waals surface area contributed by atoms with Gasteiger partial charge in [0.2, 0.25) is 0 Å². The summed E-state index contributed by atoms with van der Waals surface area (Å²) in [6.45, 7) is 4.09. The number of hydrogen-bond donors (Lipinski definition) is 3. The van der Waals surface area contributed by atoms with Crippen LogP contribution in [-0.2, 0) is 0 Å². The molecule has 29 heavy (non-hydrogen) atoms. The van der Waals surface area contributed by atoms with Crippen molar-refractivity contribution in [1.82, 2.24) is 25.3 Å². The number of benzene rings is 1. The monoisotopic (exact) mass is 385 g/mol. The number of para-hydroxylation sites is 1. The van der Waals surface area contributed by atoms with Crippen LogP contribution in [0.15, 0.2) is 48.9 Å². The molecule has 1 aromatic carbocycles. The molecule has 0 aliphatic heterocycles. The topological polar surface area (TPSA) is 86.5 Å². The number of imidazole rings is 1. The van der Waals surface area contributed by atoms with E-state index in [2.05, 4.69) is 26.3 Å². The molecule has 146 valence electrons. The van der Waals surface area contributed by atoms with Gasteiger partial charge in [-0.15, -0.1) is 0 Å². The van der Waals surface area contributed by atoms with Gasteiger partial charge in [0.1, 0.15) is 11.5 Å². The Bertz CT molecular complexity index is 1190. The number of pyridine rings is 1. The molecule has 1 aliphatic rings. The lowest BCUT2D eigenvalue weighted by Gasteiger charge is -2.20. The molecular formula is C23H23N5O. The molecule has 3 N–H and O–H groups in total. The molecule has 1 amide bonds. The van der Waals surface area contributed by atoms with E-state index in [9.17, 15) is 4.79 Å². The molecular weight excluding hydrogens is 362 g/mol. The largest absolute Gasteiger partial charge is 0.350 e. The zero-order chi connectivity index (χ0) is 20.0. The van der Waals surface area contributed by atoms with Crippen LogP contribution in [0.4, 0.5) is 0 Å². The lowest BCUT2D eigenvalue weighted by molar-refractivity contribution is 0.0926. The summed E-state index contributed by atoms with van der Waals surface area (Å²) in [4.78, 5) is 28.4. The Kier molecular flexibility index (Phi) is 4.19. The minimum Gasteiger partial charge on any atom is -0.350 e. The number of H-pyrrole nitrogens is 2. The minimum absolute atomic E-state index is 0.0827. The molecule has 1 saturated carbocycles. The van der Waals surface area contributed by atoms with Crippen LogP contribution in [0.3, 0.4) is 0 Å². The Morgan fingerprint density at radius 3 is 2.72 bits per heavy atom. The van der Waals surface area contributed by atoms with Gasteiger partial charge in [-0.05, 0) is 55.9 Å². The number of aromatic amines is 2. The number of aryl methyl sites for hydroxylation is 2. The average molecular weight is 385 g/mol. The van der Waals surface area contributed by atoms with Gasteiger partial charge in [0.25, 0.3) is 5.91 Å². The Morgan fingerprint density at radius 1 is 1.17 bits per heavy atom. The summed E-state index contributed by atoms with van der Waals surface area (Å²) in [6, 6.07) is 9.99. The molecule has 3 heterocycles. The number of nitrogens with zero attached hydrogens (tertiary/aromatic N) is 2. The van der Waals surface area contributed by atoms with Crippen molar-refractivity contribution >= 4 is 16.8 Å². The number of carbonyl (C=O) groups excluding carboxylic acids is 1. The Labute approximate surface area is 168 Å². The zero-order valence-electron chi connectivity index (χ0n) is 16.5. The van der Waals surface area contributed by atoms with Gasteiger partial charge in [-0.1, -0.05) is 18.2 Å². The lowest BCUT2D eigenvalue weighted by Crippen LogP contribution is -2.31. The fourth-order valence-electron chi connectivity index (χ4n) is 3.95. The van der Waals surface area contributed by atoms with Crippen molar-refractivity contribution in [3.8, 4) is 11.4 Å². The smallest absolute Gasteiger partial charge is 0.268 e. The van der Waals surface area contributed by atoms with Gasteiger partial charge < -0.3 is 15.3 Å². The van der Waals surface area contributed by atoms with E-state index in [4.69, 9.17) is 4.98 Å². The summed E-state index contributed by atoms with van der Waals surface area (Å²) in [5.74, 6) is 1.15. The number of fused-ring (bicyclic) bond motifs is 1. The molecule has 0 saturated heterocycles. The third kappa shape index (κ3) is 3.31. The van der Waals surface area contributed by atoms with Crippen LogP contribution in [0.25, 0.3) is 22.3 Å². The molecule has 0 spiro atoms. The molecule has 1 unspecified atom stereocenters. The second-order valence-corrected chi connectivity index (χ2v) is 7.87. The van der Waals surface area contributed by atoms with Crippen LogP contribution in [0, 0.1) is 19.8 Å². The molecule has 1 atom stereocenters. The van der Waals surface area contributed by atoms with E-state index < -0.39 is 0 Å². The summed E-state index contributed by atoms with van der Waals surface area (Å²) in [5.41, 5.74) is 5.67. The number of aromatic nitrogens is 4. The fraction of sp³-hybridized carbons (Fsp3) is 0.261. The van der Waals surface area contributed by atoms with Gasteiger partial charge in [-0.2, -0.15) is 0 Å². The lowest BCUT2D eigenvalue weighted by atomic mass is 10.0. The highest BCUT2D eigenvalue weighted by atomic mass is 16.2. The molecule has 3 aromatic heterocycles. The first-order valence-electron chi connectivity index (χ1n) is 9.95. The van der Waals surface area contributed by atoms with Crippen LogP contribution in [0.5, 0.6) is 0 Å². The van der Waals surface area contributed by atoms with Crippen molar-refractivity contribution in [3.63, 3.8) is 0 Å². The van der Waals surface area contributed by atoms with E-state index in [-0.39, 0.29) is 11.9 Å². The van der Waals surface area contributed by atoms with Gasteiger partial charge in [-0.3, -0.25) is 9.78 Å². The highest BCUT2D eigenvalue weighted by molar-refractivity contribution is 5.98. The molecule has 0 radical (unpaired) electrons. The van der Waals surface area contributed by atoms with Crippen molar-refractivity contribution in [2.24, 2.45) is 5.92 Å². The van der Waals surface area contributed by atoms with Crippen molar-refractivity contribution in [2.45, 2.75) is 32.7 Å². The molecule has 6 heteroatoms. The number of nitrogens with one attached hydrogen (secondary N) is 3. The van der Waals surface area contributed by atoms with Gasteiger partial charge in [0, 0.05) is 35.1 Å². The number of amides is 1. The van der Waals surface area contributed by atoms with E-state index in [0.29, 0.717) is 11.6 Å². The van der Waals surface area contributed by atoms with Crippen LogP contribution in [0.1, 0.15) is 46.2 Å². The fourth-order valence-corrected chi connectivity index (χ4v) is 3.95. The van der Waals surface area contributed by atoms with Gasteiger partial charge in [-0.25, -0.2) is 4.98 Å². The second-order valence-electron chi connectivity index (χ2n) is 7.87. The summed E-state index contributed by atoms with van der Waals surface area (Å²) in [6.07, 6.45) is 7.58. The summed E-state index contributed by atoms with van der Waals surface area (Å²) < 4.78 is 0. The predicted octanol–water partition coefficient (Wildman–Crippen LogP) is 4.45. The number of hydrogen-bond acceptors (Lipinski definition) is 3. The van der Waals surface area contributed by atoms with E-state index in [0.717, 1.165) is 52.0 Å². The van der Waals surface area contributed by atoms with Crippen LogP contribution in [0.2, 0.25) is 0 Å². The van der Waals surface area contributed by atoms with Crippen molar-refractivity contribution < 1.29 is 4.79 Å². The van der Waals surface area contributed by atoms with Crippen LogP contribution in [-0.4, -0.2) is 25.8 Å². The molecule has 1 fully saturated rings. The SMILES string of the molecule is Cc1cc(-c2ncc[nH]2)cnc1C(NC(=O)c1cc2cccc(C)c2[nH]1)C1CC1. The first-order valence-corrected chi connectivity index (χ1v) is 9.95. The summed E-state index contributed by atoms with van der Waals surface area (Å²) in [7, 11) is 0. The van der Waals surface area contributed by atoms with Gasteiger partial charge in [0.05, 0.1) is 11.7 Å². The van der Waals surface area contributed by atoms with Crippen molar-refractivity contribution in [3.05, 3.63) is 71.4 Å². The molecule has 1 aliphatic carbocycles. The van der Waals surface area contributed by atoms with Crippen molar-refractivity contribution in [2.75, 3.05) is 0 Å². The molecule has 6 nitrogen and oxygen atoms in total. The highest BCUT2D eigenvalue weighted by Crippen LogP contribution is 2.41. The Balaban J connectivity index is 1.43. The first-order chi connectivity index (χ1) is 14.1. The summed E-state index contributed by atoms with van der Waals surface area (Å²) >= 11 is 0. The van der Waals surface area contributed by atoms with E-state index >= 15 is 0 Å². The normalized spacial score (nSPS) is 14.8. The van der Waals surface area contributed by atoms with Crippen LogP contribution >= 0.6 is 0 Å². The quantitative estimate of drug-likeness (QED) is 0.474. The predicted molar refractivity (Wildman–Crippen MR) is 113 cm³/mol. The molecule has 0 bridgehead atoms. The van der Waals surface area contributed by atoms with E-state index in [1.54, 1.807) is 12.4 Å². The molecule has 5 rings (SSSR count). The van der Waals surface area contributed by atoms with Gasteiger partial charge >= 0.3 is 0 Å². The van der Waals surface area contributed by atoms with Gasteiger partial charge in [0.15, 0.2) is 0 Å². The third-order valence-electron chi connectivity index (χ3n) is 5.67. The number of rotatable bonds is 5. The maximum atomic E-state index is 13.0. The van der Waals surface area contributed by atoms with Crippen molar-refractivity contribution in [1.29, 1.82) is 0 Å². The highest BCUT2D eigenvalue weighted by Gasteiger charge is 2.35. The van der Waals surface area contributed by atoms with Crippen LogP contribution < -0.4 is 5.32 Å². The third-order valence-corrected chi connectivity index (χ3v) is 5.67. The summed E-state index contributed by atoms with van der Waals surface area (Å²) in [5, 5.41) is 4.28. The Hall–Kier alpha value is -3.41. The van der Waals surface area contributed by atoms with E-state index in [1.165, 1.54) is 0 Å². The second kappa shape index (κ2) is 6.88. The van der Waals surface area contributed by atoms with E-state index in [1.807, 2.05) is 44.3 Å². The maximum absolute atomic E-state index is 13.0. The maximum Gasteiger partial charge on any atom is 0.268 e. The molecule has 4 aromatic rings. The Morgan fingerprint density at radius 2 is 2.03 bits per heavy atom. The standard InChI is InChI=1S/C23H23N5O/c1-13-4-3-5-16-11-18(27-19(13)16)23(29)28-21(15-6-7-15)20-14(2)10-17(12-26-20)22-24-8-9-25-22/h3-5,8-12,15,21,27H,6-7H2,1-2H3,(H,24,25)(H,28,29). The zero-order valence-corrected chi connectivity index (χ0v) is 16.5.